The first-order valence-corrected chi connectivity index (χ1v) is 6.84. The molecule has 21 heavy (non-hydrogen) atoms. The summed E-state index contributed by atoms with van der Waals surface area (Å²) in [5.74, 6) is -0.299. The number of hydrogen-bond acceptors (Lipinski definition) is 4. The van der Waals surface area contributed by atoms with Crippen LogP contribution in [0.15, 0.2) is 24.3 Å². The van der Waals surface area contributed by atoms with Crippen molar-refractivity contribution in [2.45, 2.75) is 19.8 Å². The van der Waals surface area contributed by atoms with Crippen molar-refractivity contribution < 1.29 is 19.1 Å². The number of aryl methyl sites for hydroxylation is 1. The third kappa shape index (κ3) is 4.59. The summed E-state index contributed by atoms with van der Waals surface area (Å²) in [6.45, 7) is 2.30. The molecule has 0 aliphatic carbocycles. The van der Waals surface area contributed by atoms with Crippen LogP contribution >= 0.6 is 0 Å². The van der Waals surface area contributed by atoms with Gasteiger partial charge in [0.2, 0.25) is 17.7 Å². The van der Waals surface area contributed by atoms with Gasteiger partial charge >= 0.3 is 0 Å². The highest BCUT2D eigenvalue weighted by atomic mass is 16.5. The van der Waals surface area contributed by atoms with Crippen molar-refractivity contribution >= 4 is 17.7 Å². The number of nitrogens with one attached hydrogen (secondary N) is 1. The van der Waals surface area contributed by atoms with E-state index in [2.05, 4.69) is 5.32 Å². The maximum absolute atomic E-state index is 11.9. The van der Waals surface area contributed by atoms with Crippen LogP contribution in [0, 0.1) is 6.92 Å². The van der Waals surface area contributed by atoms with Gasteiger partial charge in [-0.25, -0.2) is 0 Å². The van der Waals surface area contributed by atoms with Crippen LogP contribution in [0.1, 0.15) is 18.4 Å². The van der Waals surface area contributed by atoms with Crippen LogP contribution in [-0.4, -0.2) is 42.3 Å². The summed E-state index contributed by atoms with van der Waals surface area (Å²) in [4.78, 5) is 35.5. The van der Waals surface area contributed by atoms with Gasteiger partial charge in [0.1, 0.15) is 18.8 Å². The van der Waals surface area contributed by atoms with Crippen LogP contribution in [0.25, 0.3) is 0 Å². The van der Waals surface area contributed by atoms with Crippen LogP contribution < -0.4 is 10.1 Å². The van der Waals surface area contributed by atoms with Crippen molar-refractivity contribution in [2.24, 2.45) is 0 Å². The molecule has 1 aliphatic rings. The Bertz CT molecular complexity index is 540. The second-order valence-corrected chi connectivity index (χ2v) is 4.99. The number of hydrogen-bond donors (Lipinski definition) is 1. The fourth-order valence-electron chi connectivity index (χ4n) is 2.09. The first kappa shape index (κ1) is 15.0. The molecule has 0 saturated carbocycles. The molecule has 1 aromatic rings. The zero-order valence-corrected chi connectivity index (χ0v) is 11.9. The van der Waals surface area contributed by atoms with Crippen molar-refractivity contribution in [1.82, 2.24) is 10.2 Å². The fourth-order valence-corrected chi connectivity index (χ4v) is 2.09. The van der Waals surface area contributed by atoms with E-state index < -0.39 is 11.8 Å². The summed E-state index contributed by atoms with van der Waals surface area (Å²) < 4.78 is 5.55. The van der Waals surface area contributed by atoms with Gasteiger partial charge in [-0.2, -0.15) is 0 Å². The molecule has 1 aliphatic heterocycles. The molecule has 1 heterocycles. The summed E-state index contributed by atoms with van der Waals surface area (Å²) in [7, 11) is 0. The molecule has 112 valence electrons. The summed E-state index contributed by atoms with van der Waals surface area (Å²) in [5.41, 5.74) is 1.11. The highest BCUT2D eigenvalue weighted by Crippen LogP contribution is 2.13. The highest BCUT2D eigenvalue weighted by Gasteiger charge is 2.25. The predicted molar refractivity (Wildman–Crippen MR) is 75.6 cm³/mol. The van der Waals surface area contributed by atoms with Gasteiger partial charge in [-0.15, -0.1) is 0 Å². The highest BCUT2D eigenvalue weighted by molar-refractivity contribution is 6.02. The molecule has 2 rings (SSSR count). The number of imide groups is 1. The summed E-state index contributed by atoms with van der Waals surface area (Å²) >= 11 is 0. The number of benzene rings is 1. The van der Waals surface area contributed by atoms with E-state index in [0.717, 1.165) is 11.3 Å². The lowest BCUT2D eigenvalue weighted by Crippen LogP contribution is -2.53. The topological polar surface area (TPSA) is 75.7 Å². The maximum atomic E-state index is 11.9. The molecule has 6 nitrogen and oxygen atoms in total. The average Bonchev–Trinajstić information content (AvgIpc) is 2.42. The molecule has 3 amide bonds. The number of piperazine rings is 1. The largest absolute Gasteiger partial charge is 0.494 e. The van der Waals surface area contributed by atoms with Gasteiger partial charge in [-0.3, -0.25) is 19.7 Å². The Morgan fingerprint density at radius 2 is 2.00 bits per heavy atom. The first-order chi connectivity index (χ1) is 10.0. The standard InChI is InChI=1S/C15H18N2O4/c1-11-4-2-5-12(8-11)21-7-3-6-15(20)17-9-13(18)16-14(19)10-17/h2,4-5,8H,3,6-7,9-10H2,1H3,(H,16,18,19). The Hall–Kier alpha value is -2.37. The summed E-state index contributed by atoms with van der Waals surface area (Å²) in [6, 6.07) is 7.68. The van der Waals surface area contributed by atoms with E-state index in [4.69, 9.17) is 4.74 Å². The van der Waals surface area contributed by atoms with E-state index in [1.54, 1.807) is 0 Å². The lowest BCUT2D eigenvalue weighted by atomic mass is 10.2. The van der Waals surface area contributed by atoms with Crippen LogP contribution in [0.2, 0.25) is 0 Å². The van der Waals surface area contributed by atoms with Crippen LogP contribution in [0.4, 0.5) is 0 Å². The third-order valence-electron chi connectivity index (χ3n) is 3.09. The molecule has 0 bridgehead atoms. The minimum atomic E-state index is -0.435. The quantitative estimate of drug-likeness (QED) is 0.638. The van der Waals surface area contributed by atoms with Gasteiger partial charge in [0, 0.05) is 6.42 Å². The first-order valence-electron chi connectivity index (χ1n) is 6.84. The lowest BCUT2D eigenvalue weighted by Gasteiger charge is -2.25. The second kappa shape index (κ2) is 6.88. The summed E-state index contributed by atoms with van der Waals surface area (Å²) in [6.07, 6.45) is 0.797. The van der Waals surface area contributed by atoms with Gasteiger partial charge in [0.25, 0.3) is 0 Å². The minimum Gasteiger partial charge on any atom is -0.494 e. The molecule has 0 radical (unpaired) electrons. The number of ether oxygens (including phenoxy) is 1. The van der Waals surface area contributed by atoms with Gasteiger partial charge < -0.3 is 9.64 Å². The molecule has 1 fully saturated rings. The van der Waals surface area contributed by atoms with Gasteiger partial charge in [0.05, 0.1) is 6.61 Å². The predicted octanol–water partition coefficient (Wildman–Crippen LogP) is 0.639. The number of amides is 3. The van der Waals surface area contributed by atoms with E-state index in [9.17, 15) is 14.4 Å². The molecular formula is C15H18N2O4. The molecule has 0 atom stereocenters. The minimum absolute atomic E-state index is 0.0523. The van der Waals surface area contributed by atoms with Gasteiger partial charge in [0.15, 0.2) is 0 Å². The molecule has 1 saturated heterocycles. The van der Waals surface area contributed by atoms with Crippen molar-refractivity contribution in [2.75, 3.05) is 19.7 Å². The zero-order chi connectivity index (χ0) is 15.2. The Morgan fingerprint density at radius 1 is 1.29 bits per heavy atom. The molecule has 1 N–H and O–H groups in total. The SMILES string of the molecule is Cc1cccc(OCCCC(=O)N2CC(=O)NC(=O)C2)c1. The van der Waals surface area contributed by atoms with E-state index >= 15 is 0 Å². The smallest absolute Gasteiger partial charge is 0.246 e. The summed E-state index contributed by atoms with van der Waals surface area (Å²) in [5, 5.41) is 2.16. The molecule has 6 heteroatoms. The van der Waals surface area contributed by atoms with E-state index in [1.807, 2.05) is 31.2 Å². The van der Waals surface area contributed by atoms with Crippen LogP contribution in [0.5, 0.6) is 5.75 Å². The van der Waals surface area contributed by atoms with Crippen LogP contribution in [-0.2, 0) is 14.4 Å². The van der Waals surface area contributed by atoms with Crippen LogP contribution in [0.3, 0.4) is 0 Å². The van der Waals surface area contributed by atoms with E-state index in [0.29, 0.717) is 13.0 Å². The number of carbonyl (C=O) groups is 3. The van der Waals surface area contributed by atoms with Gasteiger partial charge in [-0.05, 0) is 31.0 Å². The van der Waals surface area contributed by atoms with Crippen molar-refractivity contribution in [3.63, 3.8) is 0 Å². The fraction of sp³-hybridized carbons (Fsp3) is 0.400. The van der Waals surface area contributed by atoms with E-state index in [-0.39, 0.29) is 25.4 Å². The second-order valence-electron chi connectivity index (χ2n) is 4.99. The number of nitrogens with zero attached hydrogens (tertiary/aromatic N) is 1. The Kier molecular flexibility index (Phi) is 4.92. The monoisotopic (exact) mass is 290 g/mol. The van der Waals surface area contributed by atoms with Crippen molar-refractivity contribution in [1.29, 1.82) is 0 Å². The van der Waals surface area contributed by atoms with Crippen molar-refractivity contribution in [3.8, 4) is 5.75 Å². The van der Waals surface area contributed by atoms with Gasteiger partial charge in [-0.1, -0.05) is 12.1 Å². The van der Waals surface area contributed by atoms with E-state index in [1.165, 1.54) is 4.90 Å². The maximum Gasteiger partial charge on any atom is 0.246 e. The Morgan fingerprint density at radius 3 is 2.67 bits per heavy atom. The zero-order valence-electron chi connectivity index (χ0n) is 11.9. The number of rotatable bonds is 5. The third-order valence-corrected chi connectivity index (χ3v) is 3.09. The molecule has 0 unspecified atom stereocenters. The lowest BCUT2D eigenvalue weighted by molar-refractivity contribution is -0.145. The molecule has 0 spiro atoms. The average molecular weight is 290 g/mol. The molecule has 1 aromatic carbocycles. The normalized spacial score (nSPS) is 14.8. The van der Waals surface area contributed by atoms with Crippen molar-refractivity contribution in [3.05, 3.63) is 29.8 Å². The Labute approximate surface area is 123 Å². The molecule has 0 aromatic heterocycles. The number of carbonyl (C=O) groups excluding carboxylic acids is 3. The molecular weight excluding hydrogens is 272 g/mol. The Balaban J connectivity index is 1.72.